The van der Waals surface area contributed by atoms with E-state index in [0.29, 0.717) is 13.0 Å². The van der Waals surface area contributed by atoms with Crippen LogP contribution in [-0.2, 0) is 9.53 Å². The van der Waals surface area contributed by atoms with Crippen LogP contribution < -0.4 is 0 Å². The molecule has 0 aliphatic heterocycles. The number of benzene rings is 1. The molecule has 0 aromatic heterocycles. The summed E-state index contributed by atoms with van der Waals surface area (Å²) in [5, 5.41) is 0. The number of hydrogen-bond donors (Lipinski definition) is 0. The third-order valence-electron chi connectivity index (χ3n) is 2.22. The number of carbonyl (C=O) groups excluding carboxylic acids is 1. The SMILES string of the molecule is CCC(=O)OCC(C)c1ccc(Br)cc1. The van der Waals surface area contributed by atoms with Crippen molar-refractivity contribution in [1.82, 2.24) is 0 Å². The molecule has 1 rings (SSSR count). The van der Waals surface area contributed by atoms with Crippen LogP contribution in [0.3, 0.4) is 0 Å². The predicted molar refractivity (Wildman–Crippen MR) is 63.8 cm³/mol. The topological polar surface area (TPSA) is 26.3 Å². The van der Waals surface area contributed by atoms with Gasteiger partial charge in [-0.3, -0.25) is 4.79 Å². The second-order valence-electron chi connectivity index (χ2n) is 3.49. The maximum Gasteiger partial charge on any atom is 0.305 e. The Morgan fingerprint density at radius 3 is 2.53 bits per heavy atom. The molecule has 1 aromatic rings. The summed E-state index contributed by atoms with van der Waals surface area (Å²) in [6.45, 7) is 4.30. The molecule has 0 fully saturated rings. The highest BCUT2D eigenvalue weighted by atomic mass is 79.9. The summed E-state index contributed by atoms with van der Waals surface area (Å²) in [6.07, 6.45) is 0.438. The van der Waals surface area contributed by atoms with E-state index in [1.54, 1.807) is 6.92 Å². The van der Waals surface area contributed by atoms with Crippen LogP contribution in [0, 0.1) is 0 Å². The van der Waals surface area contributed by atoms with Gasteiger partial charge in [0, 0.05) is 16.8 Å². The van der Waals surface area contributed by atoms with Crippen LogP contribution in [0.2, 0.25) is 0 Å². The normalized spacial score (nSPS) is 12.2. The molecule has 82 valence electrons. The molecule has 0 aliphatic carbocycles. The van der Waals surface area contributed by atoms with Gasteiger partial charge in [-0.25, -0.2) is 0 Å². The molecule has 0 bridgehead atoms. The van der Waals surface area contributed by atoms with Crippen LogP contribution in [0.5, 0.6) is 0 Å². The summed E-state index contributed by atoms with van der Waals surface area (Å²) in [5.41, 5.74) is 1.18. The Kier molecular flexibility index (Phi) is 4.82. The van der Waals surface area contributed by atoms with Gasteiger partial charge in [0.1, 0.15) is 0 Å². The molecule has 0 amide bonds. The van der Waals surface area contributed by atoms with Crippen LogP contribution in [0.1, 0.15) is 31.7 Å². The quantitative estimate of drug-likeness (QED) is 0.783. The summed E-state index contributed by atoms with van der Waals surface area (Å²) >= 11 is 3.38. The van der Waals surface area contributed by atoms with Crippen molar-refractivity contribution in [3.05, 3.63) is 34.3 Å². The van der Waals surface area contributed by atoms with E-state index in [4.69, 9.17) is 4.74 Å². The number of hydrogen-bond acceptors (Lipinski definition) is 2. The molecular formula is C12H15BrO2. The largest absolute Gasteiger partial charge is 0.465 e. The Labute approximate surface area is 98.8 Å². The van der Waals surface area contributed by atoms with E-state index in [-0.39, 0.29) is 11.9 Å². The van der Waals surface area contributed by atoms with E-state index >= 15 is 0 Å². The van der Waals surface area contributed by atoms with E-state index in [1.807, 2.05) is 31.2 Å². The van der Waals surface area contributed by atoms with Crippen LogP contribution in [0.15, 0.2) is 28.7 Å². The first-order valence-electron chi connectivity index (χ1n) is 5.04. The maximum atomic E-state index is 11.0. The zero-order valence-corrected chi connectivity index (χ0v) is 10.6. The minimum absolute atomic E-state index is 0.140. The Morgan fingerprint density at radius 2 is 2.00 bits per heavy atom. The number of esters is 1. The van der Waals surface area contributed by atoms with Gasteiger partial charge < -0.3 is 4.74 Å². The molecule has 0 aliphatic rings. The number of halogens is 1. The summed E-state index contributed by atoms with van der Waals surface area (Å²) in [4.78, 5) is 11.0. The van der Waals surface area contributed by atoms with Crippen molar-refractivity contribution < 1.29 is 9.53 Å². The Morgan fingerprint density at radius 1 is 1.40 bits per heavy atom. The predicted octanol–water partition coefficient (Wildman–Crippen LogP) is 3.51. The number of ether oxygens (including phenoxy) is 1. The third kappa shape index (κ3) is 4.04. The lowest BCUT2D eigenvalue weighted by Crippen LogP contribution is -2.09. The lowest BCUT2D eigenvalue weighted by Gasteiger charge is -2.12. The van der Waals surface area contributed by atoms with E-state index in [9.17, 15) is 4.79 Å². The monoisotopic (exact) mass is 270 g/mol. The van der Waals surface area contributed by atoms with E-state index in [2.05, 4.69) is 15.9 Å². The highest BCUT2D eigenvalue weighted by Crippen LogP contribution is 2.18. The summed E-state index contributed by atoms with van der Waals surface area (Å²) in [5.74, 6) is 0.104. The molecule has 0 saturated heterocycles. The zero-order valence-electron chi connectivity index (χ0n) is 9.00. The van der Waals surface area contributed by atoms with Crippen LogP contribution in [0.25, 0.3) is 0 Å². The average molecular weight is 271 g/mol. The van der Waals surface area contributed by atoms with Gasteiger partial charge >= 0.3 is 5.97 Å². The fraction of sp³-hybridized carbons (Fsp3) is 0.417. The van der Waals surface area contributed by atoms with Crippen molar-refractivity contribution >= 4 is 21.9 Å². The average Bonchev–Trinajstić information content (AvgIpc) is 2.26. The Hall–Kier alpha value is -0.830. The molecule has 3 heteroatoms. The van der Waals surface area contributed by atoms with E-state index in [0.717, 1.165) is 4.47 Å². The Bertz CT molecular complexity index is 319. The molecule has 1 aromatic carbocycles. The van der Waals surface area contributed by atoms with Crippen LogP contribution >= 0.6 is 15.9 Å². The zero-order chi connectivity index (χ0) is 11.3. The van der Waals surface area contributed by atoms with E-state index < -0.39 is 0 Å². The lowest BCUT2D eigenvalue weighted by molar-refractivity contribution is -0.143. The van der Waals surface area contributed by atoms with Gasteiger partial charge in [0.05, 0.1) is 6.61 Å². The fourth-order valence-corrected chi connectivity index (χ4v) is 1.47. The summed E-state index contributed by atoms with van der Waals surface area (Å²) in [6, 6.07) is 8.06. The Balaban J connectivity index is 2.50. The highest BCUT2D eigenvalue weighted by Gasteiger charge is 2.07. The molecule has 2 nitrogen and oxygen atoms in total. The molecule has 1 atom stereocenters. The molecule has 0 N–H and O–H groups in total. The van der Waals surface area contributed by atoms with Crippen molar-refractivity contribution in [2.45, 2.75) is 26.2 Å². The van der Waals surface area contributed by atoms with Crippen molar-refractivity contribution in [3.63, 3.8) is 0 Å². The van der Waals surface area contributed by atoms with Gasteiger partial charge in [0.15, 0.2) is 0 Å². The smallest absolute Gasteiger partial charge is 0.305 e. The van der Waals surface area contributed by atoms with Gasteiger partial charge in [-0.2, -0.15) is 0 Å². The highest BCUT2D eigenvalue weighted by molar-refractivity contribution is 9.10. The lowest BCUT2D eigenvalue weighted by atomic mass is 10.0. The number of rotatable bonds is 4. The van der Waals surface area contributed by atoms with Crippen molar-refractivity contribution in [2.75, 3.05) is 6.61 Å². The molecule has 0 spiro atoms. The summed E-state index contributed by atoms with van der Waals surface area (Å²) < 4.78 is 6.15. The van der Waals surface area contributed by atoms with Gasteiger partial charge in [-0.1, -0.05) is 41.9 Å². The first-order valence-corrected chi connectivity index (χ1v) is 5.84. The van der Waals surface area contributed by atoms with Crippen molar-refractivity contribution in [2.24, 2.45) is 0 Å². The minimum Gasteiger partial charge on any atom is -0.465 e. The summed E-state index contributed by atoms with van der Waals surface area (Å²) in [7, 11) is 0. The first-order chi connectivity index (χ1) is 7.13. The second kappa shape index (κ2) is 5.91. The standard InChI is InChI=1S/C12H15BrO2/c1-3-12(14)15-8-9(2)10-4-6-11(13)7-5-10/h4-7,9H,3,8H2,1-2H3. The van der Waals surface area contributed by atoms with Crippen LogP contribution in [-0.4, -0.2) is 12.6 Å². The molecule has 1 unspecified atom stereocenters. The van der Waals surface area contributed by atoms with Crippen LogP contribution in [0.4, 0.5) is 0 Å². The number of carbonyl (C=O) groups is 1. The molecule has 15 heavy (non-hydrogen) atoms. The van der Waals surface area contributed by atoms with Gasteiger partial charge in [0.25, 0.3) is 0 Å². The van der Waals surface area contributed by atoms with Crippen molar-refractivity contribution in [3.8, 4) is 0 Å². The van der Waals surface area contributed by atoms with Gasteiger partial charge in [0.2, 0.25) is 0 Å². The second-order valence-corrected chi connectivity index (χ2v) is 4.40. The van der Waals surface area contributed by atoms with Gasteiger partial charge in [-0.05, 0) is 17.7 Å². The third-order valence-corrected chi connectivity index (χ3v) is 2.75. The molecular weight excluding hydrogens is 256 g/mol. The molecule has 0 heterocycles. The van der Waals surface area contributed by atoms with E-state index in [1.165, 1.54) is 5.56 Å². The maximum absolute atomic E-state index is 11.0. The first kappa shape index (κ1) is 12.2. The van der Waals surface area contributed by atoms with Crippen molar-refractivity contribution in [1.29, 1.82) is 0 Å². The molecule has 0 radical (unpaired) electrons. The van der Waals surface area contributed by atoms with Gasteiger partial charge in [-0.15, -0.1) is 0 Å². The fourth-order valence-electron chi connectivity index (χ4n) is 1.21. The minimum atomic E-state index is -0.140. The molecule has 0 saturated carbocycles.